The lowest BCUT2D eigenvalue weighted by molar-refractivity contribution is -0.129. The Morgan fingerprint density at radius 3 is 3.07 bits per heavy atom. The Hall–Kier alpha value is -0.610. The Kier molecular flexibility index (Phi) is 3.37. The van der Waals surface area contributed by atoms with Crippen LogP contribution in [0, 0.1) is 0 Å². The van der Waals surface area contributed by atoms with Gasteiger partial charge < -0.3 is 15.5 Å². The Morgan fingerprint density at radius 2 is 2.29 bits per heavy atom. The molecule has 14 heavy (non-hydrogen) atoms. The van der Waals surface area contributed by atoms with E-state index in [2.05, 4.69) is 10.6 Å². The minimum absolute atomic E-state index is 0.260. The zero-order valence-corrected chi connectivity index (χ0v) is 8.59. The van der Waals surface area contributed by atoms with Gasteiger partial charge in [0, 0.05) is 19.1 Å². The predicted molar refractivity (Wildman–Crippen MR) is 55.1 cm³/mol. The Morgan fingerprint density at radius 1 is 1.36 bits per heavy atom. The molecule has 0 aliphatic carbocycles. The molecule has 0 aromatic rings. The molecule has 2 aliphatic rings. The van der Waals surface area contributed by atoms with E-state index in [1.54, 1.807) is 0 Å². The SMILES string of the molecule is O=C1CNCCCN1CC1CCCN1. The number of carbonyl (C=O) groups excluding carboxylic acids is 1. The molecule has 4 nitrogen and oxygen atoms in total. The maximum Gasteiger partial charge on any atom is 0.236 e. The van der Waals surface area contributed by atoms with Gasteiger partial charge in [0.1, 0.15) is 0 Å². The number of rotatable bonds is 2. The fourth-order valence-electron chi connectivity index (χ4n) is 2.20. The molecule has 2 saturated heterocycles. The largest absolute Gasteiger partial charge is 0.340 e. The molecule has 4 heteroatoms. The fourth-order valence-corrected chi connectivity index (χ4v) is 2.20. The van der Waals surface area contributed by atoms with Crippen LogP contribution in [0.1, 0.15) is 19.3 Å². The first-order valence-electron chi connectivity index (χ1n) is 5.58. The average Bonchev–Trinajstić information content (AvgIpc) is 2.60. The van der Waals surface area contributed by atoms with Crippen LogP contribution in [-0.4, -0.2) is 49.6 Å². The van der Waals surface area contributed by atoms with Crippen LogP contribution >= 0.6 is 0 Å². The van der Waals surface area contributed by atoms with E-state index < -0.39 is 0 Å². The zero-order chi connectivity index (χ0) is 9.80. The number of amides is 1. The van der Waals surface area contributed by atoms with E-state index in [1.807, 2.05) is 4.90 Å². The van der Waals surface area contributed by atoms with Crippen LogP contribution in [0.4, 0.5) is 0 Å². The minimum Gasteiger partial charge on any atom is -0.340 e. The third-order valence-corrected chi connectivity index (χ3v) is 3.01. The lowest BCUT2D eigenvalue weighted by Crippen LogP contribution is -2.42. The van der Waals surface area contributed by atoms with Gasteiger partial charge in [-0.05, 0) is 32.4 Å². The average molecular weight is 197 g/mol. The van der Waals surface area contributed by atoms with Crippen LogP contribution in [0.2, 0.25) is 0 Å². The van der Waals surface area contributed by atoms with Crippen molar-refractivity contribution < 1.29 is 4.79 Å². The first kappa shape index (κ1) is 9.93. The van der Waals surface area contributed by atoms with Gasteiger partial charge >= 0.3 is 0 Å². The standard InChI is InChI=1S/C10H19N3O/c14-10-7-11-4-2-6-13(10)8-9-3-1-5-12-9/h9,11-12H,1-8H2. The summed E-state index contributed by atoms with van der Waals surface area (Å²) < 4.78 is 0. The predicted octanol–water partition coefficient (Wildman–Crippen LogP) is -0.440. The molecule has 0 bridgehead atoms. The molecule has 1 atom stereocenters. The summed E-state index contributed by atoms with van der Waals surface area (Å²) in [5.41, 5.74) is 0. The van der Waals surface area contributed by atoms with Gasteiger partial charge in [0.25, 0.3) is 0 Å². The number of hydrogen-bond acceptors (Lipinski definition) is 3. The van der Waals surface area contributed by atoms with Crippen LogP contribution in [-0.2, 0) is 4.79 Å². The van der Waals surface area contributed by atoms with E-state index in [0.29, 0.717) is 12.6 Å². The highest BCUT2D eigenvalue weighted by Gasteiger charge is 2.22. The highest BCUT2D eigenvalue weighted by molar-refractivity contribution is 5.78. The van der Waals surface area contributed by atoms with Crippen LogP contribution in [0.25, 0.3) is 0 Å². The van der Waals surface area contributed by atoms with Gasteiger partial charge in [-0.15, -0.1) is 0 Å². The minimum atomic E-state index is 0.260. The second-order valence-electron chi connectivity index (χ2n) is 4.16. The van der Waals surface area contributed by atoms with Crippen molar-refractivity contribution in [3.8, 4) is 0 Å². The molecule has 0 radical (unpaired) electrons. The van der Waals surface area contributed by atoms with Gasteiger partial charge in [0.05, 0.1) is 6.54 Å². The van der Waals surface area contributed by atoms with Gasteiger partial charge in [0.15, 0.2) is 0 Å². The molecule has 2 heterocycles. The van der Waals surface area contributed by atoms with E-state index in [1.165, 1.54) is 12.8 Å². The maximum absolute atomic E-state index is 11.6. The summed E-state index contributed by atoms with van der Waals surface area (Å²) in [4.78, 5) is 13.6. The summed E-state index contributed by atoms with van der Waals surface area (Å²) in [5, 5.41) is 6.57. The summed E-state index contributed by atoms with van der Waals surface area (Å²) >= 11 is 0. The molecule has 2 aliphatic heterocycles. The van der Waals surface area contributed by atoms with E-state index in [-0.39, 0.29) is 5.91 Å². The lowest BCUT2D eigenvalue weighted by atomic mass is 10.2. The fraction of sp³-hybridized carbons (Fsp3) is 0.900. The topological polar surface area (TPSA) is 44.4 Å². The molecule has 0 saturated carbocycles. The molecular weight excluding hydrogens is 178 g/mol. The molecule has 1 unspecified atom stereocenters. The normalized spacial score (nSPS) is 29.3. The van der Waals surface area contributed by atoms with E-state index >= 15 is 0 Å². The van der Waals surface area contributed by atoms with Crippen molar-refractivity contribution >= 4 is 5.91 Å². The highest BCUT2D eigenvalue weighted by Crippen LogP contribution is 2.08. The van der Waals surface area contributed by atoms with Gasteiger partial charge in [-0.2, -0.15) is 0 Å². The highest BCUT2D eigenvalue weighted by atomic mass is 16.2. The van der Waals surface area contributed by atoms with Crippen LogP contribution < -0.4 is 10.6 Å². The number of carbonyl (C=O) groups is 1. The number of hydrogen-bond donors (Lipinski definition) is 2. The third-order valence-electron chi connectivity index (χ3n) is 3.01. The first-order chi connectivity index (χ1) is 6.86. The lowest BCUT2D eigenvalue weighted by Gasteiger charge is -2.23. The van der Waals surface area contributed by atoms with Crippen molar-refractivity contribution in [2.45, 2.75) is 25.3 Å². The molecule has 2 N–H and O–H groups in total. The van der Waals surface area contributed by atoms with Crippen molar-refractivity contribution in [1.82, 2.24) is 15.5 Å². The summed E-state index contributed by atoms with van der Waals surface area (Å²) in [6.45, 7) is 4.43. The number of nitrogens with zero attached hydrogens (tertiary/aromatic N) is 1. The quantitative estimate of drug-likeness (QED) is 0.631. The summed E-state index contributed by atoms with van der Waals surface area (Å²) in [6.07, 6.45) is 3.56. The molecule has 1 amide bonds. The second-order valence-corrected chi connectivity index (χ2v) is 4.16. The van der Waals surface area contributed by atoms with Crippen molar-refractivity contribution in [3.05, 3.63) is 0 Å². The Labute approximate surface area is 85.0 Å². The van der Waals surface area contributed by atoms with Gasteiger partial charge in [-0.1, -0.05) is 0 Å². The molecule has 80 valence electrons. The van der Waals surface area contributed by atoms with E-state index in [9.17, 15) is 4.79 Å². The molecular formula is C10H19N3O. The summed E-state index contributed by atoms with van der Waals surface area (Å²) in [6, 6.07) is 0.539. The number of nitrogens with one attached hydrogen (secondary N) is 2. The molecule has 0 spiro atoms. The molecule has 0 aromatic carbocycles. The first-order valence-corrected chi connectivity index (χ1v) is 5.58. The van der Waals surface area contributed by atoms with Gasteiger partial charge in [-0.3, -0.25) is 4.79 Å². The van der Waals surface area contributed by atoms with Crippen LogP contribution in [0.5, 0.6) is 0 Å². The Bertz CT molecular complexity index is 202. The second kappa shape index (κ2) is 4.75. The van der Waals surface area contributed by atoms with Crippen LogP contribution in [0.15, 0.2) is 0 Å². The maximum atomic E-state index is 11.6. The Balaban J connectivity index is 1.84. The van der Waals surface area contributed by atoms with E-state index in [4.69, 9.17) is 0 Å². The summed E-state index contributed by atoms with van der Waals surface area (Å²) in [5.74, 6) is 0.260. The van der Waals surface area contributed by atoms with Crippen molar-refractivity contribution in [2.24, 2.45) is 0 Å². The third kappa shape index (κ3) is 2.45. The van der Waals surface area contributed by atoms with Crippen molar-refractivity contribution in [3.63, 3.8) is 0 Å². The van der Waals surface area contributed by atoms with E-state index in [0.717, 1.165) is 32.6 Å². The molecule has 0 aromatic heterocycles. The van der Waals surface area contributed by atoms with Crippen molar-refractivity contribution in [2.75, 3.05) is 32.7 Å². The smallest absolute Gasteiger partial charge is 0.236 e. The van der Waals surface area contributed by atoms with Crippen molar-refractivity contribution in [1.29, 1.82) is 0 Å². The summed E-state index contributed by atoms with van der Waals surface area (Å²) in [7, 11) is 0. The van der Waals surface area contributed by atoms with Gasteiger partial charge in [-0.25, -0.2) is 0 Å². The molecule has 2 fully saturated rings. The van der Waals surface area contributed by atoms with Gasteiger partial charge in [0.2, 0.25) is 5.91 Å². The van der Waals surface area contributed by atoms with Crippen LogP contribution in [0.3, 0.4) is 0 Å². The zero-order valence-electron chi connectivity index (χ0n) is 8.59. The monoisotopic (exact) mass is 197 g/mol. The molecule has 2 rings (SSSR count).